The van der Waals surface area contributed by atoms with Gasteiger partial charge in [0.05, 0.1) is 12.7 Å². The normalized spacial score (nSPS) is 42.0. The van der Waals surface area contributed by atoms with E-state index in [1.807, 2.05) is 4.90 Å². The van der Waals surface area contributed by atoms with Crippen LogP contribution in [0.1, 0.15) is 19.3 Å². The summed E-state index contributed by atoms with van der Waals surface area (Å²) in [5.41, 5.74) is 6.86. The van der Waals surface area contributed by atoms with Crippen LogP contribution in [0.4, 0.5) is 0 Å². The Morgan fingerprint density at radius 1 is 1.04 bits per heavy atom. The van der Waals surface area contributed by atoms with Crippen molar-refractivity contribution in [3.63, 3.8) is 0 Å². The number of nitrogens with zero attached hydrogens (tertiary/aromatic N) is 4. The van der Waals surface area contributed by atoms with E-state index in [-0.39, 0.29) is 18.1 Å². The fourth-order valence-corrected chi connectivity index (χ4v) is 5.99. The maximum absolute atomic E-state index is 13.1. The van der Waals surface area contributed by atoms with Gasteiger partial charge in [-0.05, 0) is 24.7 Å². The van der Waals surface area contributed by atoms with E-state index in [2.05, 4.69) is 32.6 Å². The number of carbonyl (C=O) groups excluding carboxylic acids is 1. The minimum absolute atomic E-state index is 0.0532. The van der Waals surface area contributed by atoms with E-state index in [9.17, 15) is 10.1 Å². The number of nitriles is 1. The van der Waals surface area contributed by atoms with Gasteiger partial charge in [0.15, 0.2) is 6.19 Å². The Balaban J connectivity index is 1.19. The zero-order valence-electron chi connectivity index (χ0n) is 16.4. The molecule has 0 aromatic heterocycles. The molecule has 1 saturated carbocycles. The van der Waals surface area contributed by atoms with Crippen LogP contribution in [0.3, 0.4) is 0 Å². The highest BCUT2D eigenvalue weighted by Gasteiger charge is 2.44. The minimum Gasteiger partial charge on any atom is -0.323 e. The van der Waals surface area contributed by atoms with Gasteiger partial charge < -0.3 is 15.1 Å². The summed E-state index contributed by atoms with van der Waals surface area (Å²) < 4.78 is 0. The van der Waals surface area contributed by atoms with Crippen molar-refractivity contribution in [2.75, 3.05) is 52.4 Å². The van der Waals surface area contributed by atoms with Gasteiger partial charge in [0.2, 0.25) is 5.91 Å². The first-order chi connectivity index (χ1) is 13.7. The Labute approximate surface area is 166 Å². The second-order valence-corrected chi connectivity index (χ2v) is 8.97. The predicted octanol–water partition coefficient (Wildman–Crippen LogP) is -1.92. The number of nitrogens with one attached hydrogen (secondary N) is 4. The van der Waals surface area contributed by atoms with Crippen molar-refractivity contribution in [2.45, 2.75) is 43.6 Å². The lowest BCUT2D eigenvalue weighted by molar-refractivity contribution is -0.148. The molecular formula is C19H32N8O. The summed E-state index contributed by atoms with van der Waals surface area (Å²) in [7, 11) is 0. The molecule has 154 valence electrons. The average molecular weight is 389 g/mol. The van der Waals surface area contributed by atoms with E-state index in [1.165, 1.54) is 19.3 Å². The first-order valence-corrected chi connectivity index (χ1v) is 10.9. The number of fused-ring (bicyclic) bond motifs is 2. The van der Waals surface area contributed by atoms with Gasteiger partial charge in [-0.1, -0.05) is 6.42 Å². The molecule has 0 aromatic carbocycles. The Kier molecular flexibility index (Phi) is 5.15. The number of hydrogen-bond donors (Lipinski definition) is 4. The molecule has 0 bridgehead atoms. The van der Waals surface area contributed by atoms with Crippen LogP contribution in [0.25, 0.3) is 0 Å². The Hall–Kier alpha value is -1.44. The molecule has 5 rings (SSSR count). The second-order valence-electron chi connectivity index (χ2n) is 8.97. The molecule has 0 aromatic rings. The van der Waals surface area contributed by atoms with Crippen LogP contribution in [-0.4, -0.2) is 97.3 Å². The van der Waals surface area contributed by atoms with Gasteiger partial charge in [-0.15, -0.1) is 0 Å². The number of hydrazine groups is 1. The molecule has 4 saturated heterocycles. The number of carbonyl (C=O) groups is 1. The van der Waals surface area contributed by atoms with Crippen LogP contribution >= 0.6 is 0 Å². The van der Waals surface area contributed by atoms with Crippen molar-refractivity contribution < 1.29 is 4.79 Å². The first kappa shape index (κ1) is 18.6. The molecule has 1 amide bonds. The third-order valence-electron chi connectivity index (χ3n) is 7.58. The maximum Gasteiger partial charge on any atom is 0.243 e. The fourth-order valence-electron chi connectivity index (χ4n) is 5.99. The SMILES string of the molecule is N#CN1CCN2CCN(C3CNC(C4CCCC5CNNC54)CN3)C(=O)[C@H]2C1. The molecule has 0 radical (unpaired) electrons. The summed E-state index contributed by atoms with van der Waals surface area (Å²) in [6, 6.07) is 0.847. The number of rotatable bonds is 2. The summed E-state index contributed by atoms with van der Waals surface area (Å²) in [5.74, 6) is 1.56. The van der Waals surface area contributed by atoms with Gasteiger partial charge in [-0.25, -0.2) is 0 Å². The zero-order chi connectivity index (χ0) is 19.1. The molecule has 5 aliphatic rings. The van der Waals surface area contributed by atoms with Crippen molar-refractivity contribution in [1.82, 2.24) is 36.2 Å². The molecule has 4 heterocycles. The average Bonchev–Trinajstić information content (AvgIpc) is 3.23. The monoisotopic (exact) mass is 388 g/mol. The molecule has 28 heavy (non-hydrogen) atoms. The van der Waals surface area contributed by atoms with Crippen LogP contribution in [0.5, 0.6) is 0 Å². The molecule has 6 atom stereocenters. The van der Waals surface area contributed by atoms with Crippen LogP contribution in [-0.2, 0) is 4.79 Å². The summed E-state index contributed by atoms with van der Waals surface area (Å²) in [6.45, 7) is 6.53. The first-order valence-electron chi connectivity index (χ1n) is 10.9. The smallest absolute Gasteiger partial charge is 0.243 e. The highest BCUT2D eigenvalue weighted by Crippen LogP contribution is 2.33. The van der Waals surface area contributed by atoms with Crippen molar-refractivity contribution in [2.24, 2.45) is 11.8 Å². The molecule has 4 N–H and O–H groups in total. The quantitative estimate of drug-likeness (QED) is 0.406. The van der Waals surface area contributed by atoms with E-state index >= 15 is 0 Å². The van der Waals surface area contributed by atoms with Crippen molar-refractivity contribution in [1.29, 1.82) is 5.26 Å². The van der Waals surface area contributed by atoms with E-state index in [0.29, 0.717) is 24.5 Å². The highest BCUT2D eigenvalue weighted by molar-refractivity contribution is 5.83. The van der Waals surface area contributed by atoms with E-state index in [4.69, 9.17) is 0 Å². The fraction of sp³-hybridized carbons (Fsp3) is 0.895. The largest absolute Gasteiger partial charge is 0.323 e. The molecule has 4 aliphatic heterocycles. The van der Waals surface area contributed by atoms with E-state index in [0.717, 1.165) is 51.7 Å². The molecular weight excluding hydrogens is 356 g/mol. The predicted molar refractivity (Wildman–Crippen MR) is 104 cm³/mol. The summed E-state index contributed by atoms with van der Waals surface area (Å²) in [5, 5.41) is 16.6. The molecule has 9 heteroatoms. The standard InChI is InChI=1S/C19H32N8O/c20-12-25-4-5-26-6-7-27(19(28)16(26)11-25)17-10-21-15(9-22-17)14-3-1-2-13-8-23-24-18(13)14/h13-18,21-24H,1-11H2/t13?,14?,15?,16-,17?,18?/m1/s1. The van der Waals surface area contributed by atoms with Crippen molar-refractivity contribution in [3.05, 3.63) is 0 Å². The number of amides is 1. The van der Waals surface area contributed by atoms with Crippen LogP contribution in [0.2, 0.25) is 0 Å². The molecule has 9 nitrogen and oxygen atoms in total. The van der Waals surface area contributed by atoms with Crippen LogP contribution < -0.4 is 21.5 Å². The van der Waals surface area contributed by atoms with Crippen molar-refractivity contribution in [3.8, 4) is 6.19 Å². The molecule has 1 aliphatic carbocycles. The Bertz CT molecular complexity index is 630. The van der Waals surface area contributed by atoms with Gasteiger partial charge in [-0.3, -0.25) is 25.9 Å². The third kappa shape index (κ3) is 3.27. The van der Waals surface area contributed by atoms with Gasteiger partial charge in [0.1, 0.15) is 6.04 Å². The van der Waals surface area contributed by atoms with Gasteiger partial charge in [-0.2, -0.15) is 5.26 Å². The summed E-state index contributed by atoms with van der Waals surface area (Å²) in [4.78, 5) is 19.1. The second kappa shape index (κ2) is 7.76. The molecule has 5 unspecified atom stereocenters. The minimum atomic E-state index is -0.172. The Morgan fingerprint density at radius 3 is 2.75 bits per heavy atom. The van der Waals surface area contributed by atoms with Gasteiger partial charge in [0.25, 0.3) is 0 Å². The van der Waals surface area contributed by atoms with E-state index < -0.39 is 0 Å². The van der Waals surface area contributed by atoms with E-state index in [1.54, 1.807) is 4.90 Å². The lowest BCUT2D eigenvalue weighted by Crippen LogP contribution is -2.71. The summed E-state index contributed by atoms with van der Waals surface area (Å²) in [6.07, 6.45) is 6.17. The number of hydrogen-bond acceptors (Lipinski definition) is 8. The maximum atomic E-state index is 13.1. The number of piperazine rings is 3. The molecule has 0 spiro atoms. The van der Waals surface area contributed by atoms with Crippen LogP contribution in [0, 0.1) is 23.3 Å². The highest BCUT2D eigenvalue weighted by atomic mass is 16.2. The Morgan fingerprint density at radius 2 is 1.93 bits per heavy atom. The topological polar surface area (TPSA) is 98.7 Å². The third-order valence-corrected chi connectivity index (χ3v) is 7.58. The zero-order valence-corrected chi connectivity index (χ0v) is 16.4. The van der Waals surface area contributed by atoms with Crippen molar-refractivity contribution >= 4 is 5.91 Å². The van der Waals surface area contributed by atoms with Gasteiger partial charge >= 0.3 is 0 Å². The summed E-state index contributed by atoms with van der Waals surface area (Å²) >= 11 is 0. The molecule has 5 fully saturated rings. The van der Waals surface area contributed by atoms with Gasteiger partial charge in [0, 0.05) is 57.9 Å². The lowest BCUT2D eigenvalue weighted by Gasteiger charge is -2.49. The van der Waals surface area contributed by atoms with Crippen LogP contribution in [0.15, 0.2) is 0 Å². The lowest BCUT2D eigenvalue weighted by atomic mass is 9.74.